The van der Waals surface area contributed by atoms with Crippen molar-refractivity contribution in [3.63, 3.8) is 0 Å². The highest BCUT2D eigenvalue weighted by Crippen LogP contribution is 2.31. The second kappa shape index (κ2) is 7.85. The van der Waals surface area contributed by atoms with Crippen molar-refractivity contribution in [1.29, 1.82) is 0 Å². The summed E-state index contributed by atoms with van der Waals surface area (Å²) in [6.07, 6.45) is 7.02. The lowest BCUT2D eigenvalue weighted by molar-refractivity contribution is 0.373. The van der Waals surface area contributed by atoms with E-state index in [0.29, 0.717) is 11.5 Å². The number of hydrogen-bond donors (Lipinski definition) is 0. The molecule has 0 aliphatic carbocycles. The number of aryl methyl sites for hydroxylation is 2. The van der Waals surface area contributed by atoms with Gasteiger partial charge < -0.3 is 9.42 Å². The van der Waals surface area contributed by atoms with Crippen molar-refractivity contribution >= 4 is 16.8 Å². The predicted molar refractivity (Wildman–Crippen MR) is 113 cm³/mol. The van der Waals surface area contributed by atoms with Gasteiger partial charge in [0.1, 0.15) is 11.6 Å². The minimum atomic E-state index is -0.313. The van der Waals surface area contributed by atoms with Gasteiger partial charge in [-0.1, -0.05) is 5.16 Å². The number of rotatable bonds is 4. The molecule has 2 aliphatic rings. The van der Waals surface area contributed by atoms with Crippen molar-refractivity contribution in [2.45, 2.75) is 58.4 Å². The molecule has 0 saturated carbocycles. The third-order valence-electron chi connectivity index (χ3n) is 6.71. The van der Waals surface area contributed by atoms with E-state index in [4.69, 9.17) is 9.51 Å². The van der Waals surface area contributed by atoms with Crippen LogP contribution in [0, 0.1) is 18.7 Å². The zero-order valence-corrected chi connectivity index (χ0v) is 17.4. The molecule has 6 nitrogen and oxygen atoms in total. The normalized spacial score (nSPS) is 17.5. The van der Waals surface area contributed by atoms with Crippen LogP contribution in [0.3, 0.4) is 0 Å². The molecule has 30 heavy (non-hydrogen) atoms. The first kappa shape index (κ1) is 19.3. The molecule has 0 amide bonds. The number of nitrogens with zero attached hydrogens (tertiary/aromatic N) is 4. The summed E-state index contributed by atoms with van der Waals surface area (Å²) in [4.78, 5) is 19.9. The number of piperidine rings is 1. The van der Waals surface area contributed by atoms with E-state index >= 15 is 0 Å². The van der Waals surface area contributed by atoms with E-state index in [1.54, 1.807) is 6.07 Å². The van der Waals surface area contributed by atoms with Crippen LogP contribution in [-0.4, -0.2) is 27.8 Å². The molecule has 0 unspecified atom stereocenters. The second-order valence-electron chi connectivity index (χ2n) is 8.62. The van der Waals surface area contributed by atoms with Crippen LogP contribution in [0.5, 0.6) is 0 Å². The van der Waals surface area contributed by atoms with Crippen molar-refractivity contribution in [2.75, 3.05) is 18.0 Å². The number of anilines is 1. The van der Waals surface area contributed by atoms with Crippen molar-refractivity contribution in [3.05, 3.63) is 51.5 Å². The van der Waals surface area contributed by atoms with Crippen LogP contribution in [0.15, 0.2) is 27.5 Å². The lowest BCUT2D eigenvalue weighted by Gasteiger charge is -2.32. The molecular formula is C23H27FN4O2. The lowest BCUT2D eigenvalue weighted by Crippen LogP contribution is -2.35. The summed E-state index contributed by atoms with van der Waals surface area (Å²) < 4.78 is 20.6. The average Bonchev–Trinajstić information content (AvgIpc) is 3.17. The van der Waals surface area contributed by atoms with Gasteiger partial charge in [0.2, 0.25) is 0 Å². The summed E-state index contributed by atoms with van der Waals surface area (Å²) in [5.41, 5.74) is 2.47. The minimum absolute atomic E-state index is 0.177. The van der Waals surface area contributed by atoms with Gasteiger partial charge in [0, 0.05) is 43.4 Å². The van der Waals surface area contributed by atoms with Gasteiger partial charge in [-0.05, 0) is 63.5 Å². The molecule has 0 N–H and O–H groups in total. The van der Waals surface area contributed by atoms with Gasteiger partial charge in [0.15, 0.2) is 11.4 Å². The molecule has 1 fully saturated rings. The van der Waals surface area contributed by atoms with E-state index in [1.165, 1.54) is 12.1 Å². The first-order valence-corrected chi connectivity index (χ1v) is 11.0. The Bertz CT molecular complexity index is 1130. The first-order valence-electron chi connectivity index (χ1n) is 11.0. The standard InChI is InChI=1S/C23H27FN4O2/c1-15-18(23(29)28-11-3-2-4-21(28)25-15)7-5-16-9-12-27(13-10-16)22-19-8-6-17(24)14-20(19)30-26-22/h6,8,14,16H,2-5,7,9-13H2,1H3. The van der Waals surface area contributed by atoms with Gasteiger partial charge in [-0.25, -0.2) is 9.37 Å². The van der Waals surface area contributed by atoms with E-state index < -0.39 is 0 Å². The van der Waals surface area contributed by atoms with Crippen molar-refractivity contribution < 1.29 is 8.91 Å². The van der Waals surface area contributed by atoms with E-state index in [1.807, 2.05) is 11.5 Å². The van der Waals surface area contributed by atoms with Gasteiger partial charge in [-0.2, -0.15) is 0 Å². The Morgan fingerprint density at radius 1 is 1.20 bits per heavy atom. The molecule has 3 aromatic rings. The number of hydrogen-bond acceptors (Lipinski definition) is 5. The second-order valence-corrected chi connectivity index (χ2v) is 8.62. The zero-order chi connectivity index (χ0) is 20.7. The maximum atomic E-state index is 13.4. The van der Waals surface area contributed by atoms with Crippen molar-refractivity contribution in [1.82, 2.24) is 14.7 Å². The Labute approximate surface area is 174 Å². The Morgan fingerprint density at radius 2 is 2.03 bits per heavy atom. The molecule has 0 radical (unpaired) electrons. The highest BCUT2D eigenvalue weighted by Gasteiger charge is 2.24. The molecule has 1 aromatic carbocycles. The molecule has 2 aromatic heterocycles. The van der Waals surface area contributed by atoms with Crippen LogP contribution in [0.1, 0.15) is 49.2 Å². The van der Waals surface area contributed by atoms with Gasteiger partial charge in [-0.15, -0.1) is 0 Å². The molecule has 0 spiro atoms. The first-order chi connectivity index (χ1) is 14.6. The van der Waals surface area contributed by atoms with E-state index in [0.717, 1.165) is 92.9 Å². The predicted octanol–water partition coefficient (Wildman–Crippen LogP) is 4.02. The fourth-order valence-electron chi connectivity index (χ4n) is 4.93. The number of aromatic nitrogens is 3. The molecule has 7 heteroatoms. The molecule has 2 aliphatic heterocycles. The van der Waals surface area contributed by atoms with E-state index in [-0.39, 0.29) is 11.4 Å². The number of fused-ring (bicyclic) bond motifs is 2. The van der Waals surface area contributed by atoms with Gasteiger partial charge in [0.25, 0.3) is 5.56 Å². The maximum Gasteiger partial charge on any atom is 0.256 e. The topological polar surface area (TPSA) is 64.2 Å². The number of halogens is 1. The zero-order valence-electron chi connectivity index (χ0n) is 17.4. The summed E-state index contributed by atoms with van der Waals surface area (Å²) in [5.74, 6) is 2.03. The molecule has 158 valence electrons. The minimum Gasteiger partial charge on any atom is -0.354 e. The Morgan fingerprint density at radius 3 is 2.87 bits per heavy atom. The van der Waals surface area contributed by atoms with Crippen LogP contribution in [0.25, 0.3) is 11.0 Å². The highest BCUT2D eigenvalue weighted by molar-refractivity contribution is 5.88. The van der Waals surface area contributed by atoms with Crippen LogP contribution < -0.4 is 10.5 Å². The van der Waals surface area contributed by atoms with Gasteiger partial charge in [0.05, 0.1) is 5.39 Å². The maximum absolute atomic E-state index is 13.4. The van der Waals surface area contributed by atoms with Crippen LogP contribution >= 0.6 is 0 Å². The third-order valence-corrected chi connectivity index (χ3v) is 6.71. The monoisotopic (exact) mass is 410 g/mol. The summed E-state index contributed by atoms with van der Waals surface area (Å²) >= 11 is 0. The van der Waals surface area contributed by atoms with E-state index in [9.17, 15) is 9.18 Å². The number of benzene rings is 1. The molecule has 5 rings (SSSR count). The molecule has 4 heterocycles. The lowest BCUT2D eigenvalue weighted by atomic mass is 9.90. The Balaban J connectivity index is 1.23. The van der Waals surface area contributed by atoms with E-state index in [2.05, 4.69) is 10.1 Å². The van der Waals surface area contributed by atoms with Crippen molar-refractivity contribution in [3.8, 4) is 0 Å². The van der Waals surface area contributed by atoms with Crippen LogP contribution in [0.4, 0.5) is 10.2 Å². The largest absolute Gasteiger partial charge is 0.354 e. The fraction of sp³-hybridized carbons (Fsp3) is 0.522. The summed E-state index contributed by atoms with van der Waals surface area (Å²) in [5, 5.41) is 5.03. The molecule has 0 atom stereocenters. The molecule has 1 saturated heterocycles. The molecular weight excluding hydrogens is 383 g/mol. The third kappa shape index (κ3) is 3.50. The van der Waals surface area contributed by atoms with Gasteiger partial charge in [-0.3, -0.25) is 9.36 Å². The quantitative estimate of drug-likeness (QED) is 0.650. The summed E-state index contributed by atoms with van der Waals surface area (Å²) in [6.45, 7) is 4.57. The summed E-state index contributed by atoms with van der Waals surface area (Å²) in [7, 11) is 0. The van der Waals surface area contributed by atoms with Gasteiger partial charge >= 0.3 is 0 Å². The fourth-order valence-corrected chi connectivity index (χ4v) is 4.93. The smallest absolute Gasteiger partial charge is 0.256 e. The Hall–Kier alpha value is -2.70. The van der Waals surface area contributed by atoms with Crippen molar-refractivity contribution in [2.24, 2.45) is 5.92 Å². The average molecular weight is 410 g/mol. The van der Waals surface area contributed by atoms with Crippen LogP contribution in [0.2, 0.25) is 0 Å². The summed E-state index contributed by atoms with van der Waals surface area (Å²) in [6, 6.07) is 4.57. The van der Waals surface area contributed by atoms with Crippen LogP contribution in [-0.2, 0) is 19.4 Å². The highest BCUT2D eigenvalue weighted by atomic mass is 19.1. The SMILES string of the molecule is Cc1nc2n(c(=O)c1CCC1CCN(c3noc4cc(F)ccc34)CC1)CCCC2. The molecule has 0 bridgehead atoms. The Kier molecular flexibility index (Phi) is 5.05.